The maximum Gasteiger partial charge on any atom is 0.275 e. The van der Waals surface area contributed by atoms with Crippen LogP contribution in [0.4, 0.5) is 0 Å². The van der Waals surface area contributed by atoms with Crippen molar-refractivity contribution in [2.45, 2.75) is 25.4 Å². The Morgan fingerprint density at radius 2 is 1.58 bits per heavy atom. The highest BCUT2D eigenvalue weighted by atomic mass is 16.5. The summed E-state index contributed by atoms with van der Waals surface area (Å²) in [6.45, 7) is 3.53. The molecule has 1 atom stereocenters. The van der Waals surface area contributed by atoms with Crippen LogP contribution in [0.3, 0.4) is 0 Å². The summed E-state index contributed by atoms with van der Waals surface area (Å²) in [6, 6.07) is 13.1. The van der Waals surface area contributed by atoms with Crippen molar-refractivity contribution in [2.24, 2.45) is 5.92 Å². The number of amides is 3. The Balaban J connectivity index is 1.56. The Labute approximate surface area is 211 Å². The molecule has 1 heterocycles. The van der Waals surface area contributed by atoms with Gasteiger partial charge in [0.05, 0.1) is 0 Å². The molecule has 1 unspecified atom stereocenters. The van der Waals surface area contributed by atoms with Gasteiger partial charge in [0.15, 0.2) is 6.04 Å². The molecule has 0 spiro atoms. The molecule has 0 aliphatic carbocycles. The smallest absolute Gasteiger partial charge is 0.275 e. The van der Waals surface area contributed by atoms with Crippen molar-refractivity contribution >= 4 is 17.7 Å². The largest absolute Gasteiger partial charge is 0.381 e. The Hall–Kier alpha value is -3.71. The van der Waals surface area contributed by atoms with Crippen molar-refractivity contribution in [1.29, 1.82) is 0 Å². The van der Waals surface area contributed by atoms with Gasteiger partial charge in [-0.15, -0.1) is 0 Å². The molecule has 9 nitrogen and oxygen atoms in total. The zero-order chi connectivity index (χ0) is 25.9. The summed E-state index contributed by atoms with van der Waals surface area (Å²) in [5.74, 6) is 4.60. The van der Waals surface area contributed by atoms with Gasteiger partial charge < -0.3 is 20.3 Å². The fourth-order valence-electron chi connectivity index (χ4n) is 3.91. The van der Waals surface area contributed by atoms with Crippen molar-refractivity contribution in [3.8, 4) is 11.8 Å². The molecule has 1 fully saturated rings. The van der Waals surface area contributed by atoms with Crippen LogP contribution in [0.15, 0.2) is 48.5 Å². The number of carbonyl (C=O) groups is 3. The predicted octanol–water partition coefficient (Wildman–Crippen LogP) is 1.29. The number of nitrogens with one attached hydrogen (secondary N) is 3. The highest BCUT2D eigenvalue weighted by Gasteiger charge is 2.33. The second-order valence-corrected chi connectivity index (χ2v) is 8.62. The van der Waals surface area contributed by atoms with Gasteiger partial charge in [-0.3, -0.25) is 19.6 Å². The number of hydrogen-bond acceptors (Lipinski definition) is 6. The molecular weight excluding hydrogens is 460 g/mol. The number of ether oxygens (including phenoxy) is 1. The maximum absolute atomic E-state index is 12.8. The summed E-state index contributed by atoms with van der Waals surface area (Å²) < 4.78 is 5.40. The van der Waals surface area contributed by atoms with Crippen molar-refractivity contribution in [1.82, 2.24) is 21.0 Å². The van der Waals surface area contributed by atoms with E-state index in [9.17, 15) is 14.4 Å². The molecule has 1 aliphatic rings. The van der Waals surface area contributed by atoms with E-state index in [4.69, 9.17) is 9.94 Å². The van der Waals surface area contributed by atoms with E-state index in [0.717, 1.165) is 49.6 Å². The van der Waals surface area contributed by atoms with Crippen LogP contribution in [0.2, 0.25) is 0 Å². The number of rotatable bonds is 8. The van der Waals surface area contributed by atoms with E-state index in [1.807, 2.05) is 12.1 Å². The predicted molar refractivity (Wildman–Crippen MR) is 134 cm³/mol. The highest BCUT2D eigenvalue weighted by Crippen LogP contribution is 2.14. The second-order valence-electron chi connectivity index (χ2n) is 8.62. The van der Waals surface area contributed by atoms with Gasteiger partial charge in [-0.25, -0.2) is 5.48 Å². The Morgan fingerprint density at radius 1 is 1.00 bits per heavy atom. The minimum Gasteiger partial charge on any atom is -0.381 e. The number of hydroxylamine groups is 1. The van der Waals surface area contributed by atoms with Gasteiger partial charge >= 0.3 is 0 Å². The third-order valence-corrected chi connectivity index (χ3v) is 6.10. The molecule has 2 aromatic rings. The first-order valence-electron chi connectivity index (χ1n) is 11.8. The summed E-state index contributed by atoms with van der Waals surface area (Å²) in [6.07, 6.45) is 2.23. The maximum atomic E-state index is 12.8. The van der Waals surface area contributed by atoms with E-state index in [0.29, 0.717) is 11.5 Å². The first-order chi connectivity index (χ1) is 17.4. The molecule has 3 rings (SSSR count). The van der Waals surface area contributed by atoms with Crippen molar-refractivity contribution < 1.29 is 24.3 Å². The number of likely N-dealkylation sites (N-methyl/N-ethyl adjacent to an activating group) is 2. The zero-order valence-corrected chi connectivity index (χ0v) is 20.5. The number of nitrogens with zero attached hydrogens (tertiary/aromatic N) is 1. The van der Waals surface area contributed by atoms with E-state index < -0.39 is 23.8 Å². The van der Waals surface area contributed by atoms with E-state index in [1.165, 1.54) is 25.1 Å². The molecule has 9 heteroatoms. The van der Waals surface area contributed by atoms with Crippen molar-refractivity contribution in [3.05, 3.63) is 70.8 Å². The molecular formula is C27H32N4O5. The van der Waals surface area contributed by atoms with Crippen molar-refractivity contribution in [3.63, 3.8) is 0 Å². The standard InChI is InChI=1S/C27H32N4O5/c1-28-25(32)24(26(33)30-35)31(2)27(34)23-11-9-20(10-12-23)4-3-19-5-7-21(8-6-19)17-29-18-22-13-15-36-16-14-22/h5-12,22,24,29,35H,13-18H2,1-2H3,(H,28,32)(H,30,33). The van der Waals surface area contributed by atoms with Gasteiger partial charge in [0.2, 0.25) is 0 Å². The van der Waals surface area contributed by atoms with Gasteiger partial charge in [-0.2, -0.15) is 0 Å². The van der Waals surface area contributed by atoms with Crippen LogP contribution in [0.5, 0.6) is 0 Å². The van der Waals surface area contributed by atoms with Gasteiger partial charge in [0, 0.05) is 50.5 Å². The summed E-state index contributed by atoms with van der Waals surface area (Å²) in [5, 5.41) is 14.7. The lowest BCUT2D eigenvalue weighted by Crippen LogP contribution is -2.54. The van der Waals surface area contributed by atoms with E-state index in [-0.39, 0.29) is 5.56 Å². The number of hydrogen-bond donors (Lipinski definition) is 4. The summed E-state index contributed by atoms with van der Waals surface area (Å²) >= 11 is 0. The molecule has 3 amide bonds. The third-order valence-electron chi connectivity index (χ3n) is 6.10. The zero-order valence-electron chi connectivity index (χ0n) is 20.5. The van der Waals surface area contributed by atoms with Crippen LogP contribution < -0.4 is 16.1 Å². The fraction of sp³-hybridized carbons (Fsp3) is 0.370. The van der Waals surface area contributed by atoms with Crippen LogP contribution in [0.25, 0.3) is 0 Å². The minimum atomic E-state index is -1.51. The van der Waals surface area contributed by atoms with Crippen molar-refractivity contribution in [2.75, 3.05) is 33.9 Å². The minimum absolute atomic E-state index is 0.278. The average molecular weight is 493 g/mol. The monoisotopic (exact) mass is 492 g/mol. The molecule has 0 radical (unpaired) electrons. The van der Waals surface area contributed by atoms with Gasteiger partial charge in [-0.05, 0) is 67.3 Å². The van der Waals surface area contributed by atoms with Gasteiger partial charge in [0.1, 0.15) is 0 Å². The molecule has 1 aliphatic heterocycles. The summed E-state index contributed by atoms with van der Waals surface area (Å²) in [4.78, 5) is 37.6. The SMILES string of the molecule is CNC(=O)C(C(=O)NO)N(C)C(=O)c1ccc(C#Cc2ccc(CNCC3CCOCC3)cc2)cc1. The lowest BCUT2D eigenvalue weighted by atomic mass is 10.0. The molecule has 0 aromatic heterocycles. The van der Waals surface area contributed by atoms with E-state index in [1.54, 1.807) is 24.3 Å². The van der Waals surface area contributed by atoms with Crippen LogP contribution in [-0.4, -0.2) is 67.7 Å². The third kappa shape index (κ3) is 7.39. The number of carbonyl (C=O) groups excluding carboxylic acids is 3. The Morgan fingerprint density at radius 3 is 2.14 bits per heavy atom. The average Bonchev–Trinajstić information content (AvgIpc) is 2.92. The van der Waals surface area contributed by atoms with Crippen LogP contribution in [0.1, 0.15) is 39.9 Å². The first-order valence-corrected chi connectivity index (χ1v) is 11.8. The highest BCUT2D eigenvalue weighted by molar-refractivity contribution is 6.08. The number of benzene rings is 2. The lowest BCUT2D eigenvalue weighted by Gasteiger charge is -2.25. The van der Waals surface area contributed by atoms with Crippen LogP contribution >= 0.6 is 0 Å². The molecule has 36 heavy (non-hydrogen) atoms. The van der Waals surface area contributed by atoms with E-state index >= 15 is 0 Å². The normalized spacial score (nSPS) is 14.2. The molecule has 2 aromatic carbocycles. The molecule has 1 saturated heterocycles. The molecule has 0 saturated carbocycles. The van der Waals surface area contributed by atoms with Crippen LogP contribution in [0, 0.1) is 17.8 Å². The van der Waals surface area contributed by atoms with Gasteiger partial charge in [-0.1, -0.05) is 24.0 Å². The molecule has 190 valence electrons. The van der Waals surface area contributed by atoms with Crippen LogP contribution in [-0.2, 0) is 20.9 Å². The Kier molecular flexibility index (Phi) is 10.0. The summed E-state index contributed by atoms with van der Waals surface area (Å²) in [5.41, 5.74) is 4.49. The lowest BCUT2D eigenvalue weighted by molar-refractivity contribution is -0.140. The summed E-state index contributed by atoms with van der Waals surface area (Å²) in [7, 11) is 2.65. The first kappa shape index (κ1) is 26.9. The Bertz CT molecular complexity index is 1080. The van der Waals surface area contributed by atoms with E-state index in [2.05, 4.69) is 34.6 Å². The quantitative estimate of drug-likeness (QED) is 0.191. The molecule has 4 N–H and O–H groups in total. The molecule has 0 bridgehead atoms. The fourth-order valence-corrected chi connectivity index (χ4v) is 3.91. The topological polar surface area (TPSA) is 120 Å². The van der Waals surface area contributed by atoms with Gasteiger partial charge in [0.25, 0.3) is 17.7 Å². The second kappa shape index (κ2) is 13.4.